The van der Waals surface area contributed by atoms with Crippen molar-refractivity contribution in [2.24, 2.45) is 0 Å². The normalized spacial score (nSPS) is 14.3. The number of benzene rings is 1. The van der Waals surface area contributed by atoms with Crippen LogP contribution in [-0.2, 0) is 4.79 Å². The molecule has 3 nitrogen and oxygen atoms in total. The van der Waals surface area contributed by atoms with Crippen LogP contribution in [0.15, 0.2) is 36.6 Å². The quantitative estimate of drug-likeness (QED) is 0.847. The maximum atomic E-state index is 12.9. The SMILES string of the molecule is C=C1C=C(C(F)(F)F)c2ccc(NC(C)=O)cc2O1. The van der Waals surface area contributed by atoms with Gasteiger partial charge in [0.2, 0.25) is 5.91 Å². The summed E-state index contributed by atoms with van der Waals surface area (Å²) in [5.41, 5.74) is -0.524. The van der Waals surface area contributed by atoms with Crippen LogP contribution in [0.3, 0.4) is 0 Å². The molecule has 0 spiro atoms. The molecule has 0 bridgehead atoms. The molecule has 2 rings (SSSR count). The first-order valence-corrected chi connectivity index (χ1v) is 5.35. The molecule has 0 saturated heterocycles. The van der Waals surface area contributed by atoms with Crippen molar-refractivity contribution >= 4 is 17.2 Å². The molecule has 1 aliphatic rings. The number of rotatable bonds is 1. The highest BCUT2D eigenvalue weighted by molar-refractivity contribution is 5.90. The number of ether oxygens (including phenoxy) is 1. The fraction of sp³-hybridized carbons (Fsp3) is 0.154. The van der Waals surface area contributed by atoms with Gasteiger partial charge in [-0.15, -0.1) is 0 Å². The Morgan fingerprint density at radius 3 is 2.63 bits per heavy atom. The third-order valence-corrected chi connectivity index (χ3v) is 2.44. The van der Waals surface area contributed by atoms with Gasteiger partial charge in [0.05, 0.1) is 5.57 Å². The summed E-state index contributed by atoms with van der Waals surface area (Å²) in [6.07, 6.45) is -3.64. The molecule has 0 fully saturated rings. The largest absolute Gasteiger partial charge is 0.457 e. The number of nitrogens with one attached hydrogen (secondary N) is 1. The lowest BCUT2D eigenvalue weighted by molar-refractivity contribution is -0.114. The number of allylic oxidation sites excluding steroid dienone is 2. The number of hydrogen-bond donors (Lipinski definition) is 1. The van der Waals surface area contributed by atoms with Gasteiger partial charge in [0.25, 0.3) is 0 Å². The third kappa shape index (κ3) is 2.78. The first kappa shape index (κ1) is 13.2. The van der Waals surface area contributed by atoms with Crippen LogP contribution in [0.4, 0.5) is 18.9 Å². The summed E-state index contributed by atoms with van der Waals surface area (Å²) in [6.45, 7) is 4.69. The monoisotopic (exact) mass is 269 g/mol. The van der Waals surface area contributed by atoms with E-state index in [1.165, 1.54) is 25.1 Å². The summed E-state index contributed by atoms with van der Waals surface area (Å²) < 4.78 is 43.8. The molecule has 1 heterocycles. The Morgan fingerprint density at radius 1 is 1.37 bits per heavy atom. The molecule has 100 valence electrons. The lowest BCUT2D eigenvalue weighted by atomic mass is 10.0. The van der Waals surface area contributed by atoms with Gasteiger partial charge in [-0.2, -0.15) is 13.2 Å². The molecular weight excluding hydrogens is 259 g/mol. The molecule has 1 N–H and O–H groups in total. The van der Waals surface area contributed by atoms with Crippen LogP contribution in [0.1, 0.15) is 12.5 Å². The predicted molar refractivity (Wildman–Crippen MR) is 64.5 cm³/mol. The van der Waals surface area contributed by atoms with Crippen molar-refractivity contribution in [3.63, 3.8) is 0 Å². The topological polar surface area (TPSA) is 38.3 Å². The highest BCUT2D eigenvalue weighted by Gasteiger charge is 2.38. The van der Waals surface area contributed by atoms with Gasteiger partial charge in [-0.1, -0.05) is 6.58 Å². The van der Waals surface area contributed by atoms with E-state index in [1.807, 2.05) is 0 Å². The second-order valence-corrected chi connectivity index (χ2v) is 4.02. The maximum Gasteiger partial charge on any atom is 0.417 e. The zero-order valence-electron chi connectivity index (χ0n) is 9.97. The maximum absolute atomic E-state index is 12.9. The Labute approximate surface area is 107 Å². The Bertz CT molecular complexity index is 588. The van der Waals surface area contributed by atoms with E-state index in [2.05, 4.69) is 11.9 Å². The molecule has 1 aromatic carbocycles. The fourth-order valence-corrected chi connectivity index (χ4v) is 1.75. The molecule has 0 radical (unpaired) electrons. The Kier molecular flexibility index (Phi) is 3.09. The van der Waals surface area contributed by atoms with E-state index in [1.54, 1.807) is 0 Å². The van der Waals surface area contributed by atoms with Crippen LogP contribution in [-0.4, -0.2) is 12.1 Å². The number of carbonyl (C=O) groups is 1. The van der Waals surface area contributed by atoms with Crippen molar-refractivity contribution in [2.75, 3.05) is 5.32 Å². The van der Waals surface area contributed by atoms with E-state index >= 15 is 0 Å². The zero-order chi connectivity index (χ0) is 14.2. The zero-order valence-corrected chi connectivity index (χ0v) is 9.97. The average molecular weight is 269 g/mol. The number of fused-ring (bicyclic) bond motifs is 1. The molecule has 6 heteroatoms. The summed E-state index contributed by atoms with van der Waals surface area (Å²) in [5, 5.41) is 2.47. The second kappa shape index (κ2) is 4.46. The average Bonchev–Trinajstić information content (AvgIpc) is 2.25. The molecule has 19 heavy (non-hydrogen) atoms. The molecule has 0 aromatic heterocycles. The van der Waals surface area contributed by atoms with Crippen LogP contribution in [0.25, 0.3) is 5.57 Å². The van der Waals surface area contributed by atoms with Crippen molar-refractivity contribution < 1.29 is 22.7 Å². The Morgan fingerprint density at radius 2 is 2.05 bits per heavy atom. The standard InChI is InChI=1S/C13H10F3NO2/c1-7-5-11(13(14,15)16)10-4-3-9(17-8(2)18)6-12(10)19-7/h3-6H,1H2,2H3,(H,17,18). The van der Waals surface area contributed by atoms with Crippen LogP contribution >= 0.6 is 0 Å². The highest BCUT2D eigenvalue weighted by atomic mass is 19.4. The molecule has 0 saturated carbocycles. The van der Waals surface area contributed by atoms with Crippen LogP contribution < -0.4 is 10.1 Å². The van der Waals surface area contributed by atoms with E-state index < -0.39 is 11.7 Å². The third-order valence-electron chi connectivity index (χ3n) is 2.44. The number of halogens is 3. The second-order valence-electron chi connectivity index (χ2n) is 4.02. The summed E-state index contributed by atoms with van der Waals surface area (Å²) in [5.74, 6) is -0.396. The lowest BCUT2D eigenvalue weighted by Gasteiger charge is -2.22. The highest BCUT2D eigenvalue weighted by Crippen LogP contribution is 2.43. The summed E-state index contributed by atoms with van der Waals surface area (Å²) in [4.78, 5) is 10.9. The van der Waals surface area contributed by atoms with Crippen LogP contribution in [0.5, 0.6) is 5.75 Å². The van der Waals surface area contributed by atoms with Gasteiger partial charge in [-0.3, -0.25) is 4.79 Å². The van der Waals surface area contributed by atoms with Crippen LogP contribution in [0.2, 0.25) is 0 Å². The van der Waals surface area contributed by atoms with Crippen molar-refractivity contribution in [3.8, 4) is 5.75 Å². The number of amides is 1. The van der Waals surface area contributed by atoms with E-state index in [0.29, 0.717) is 5.69 Å². The van der Waals surface area contributed by atoms with Crippen molar-refractivity contribution in [1.82, 2.24) is 0 Å². The molecule has 1 amide bonds. The van der Waals surface area contributed by atoms with E-state index in [0.717, 1.165) is 6.08 Å². The van der Waals surface area contributed by atoms with E-state index in [4.69, 9.17) is 4.74 Å². The van der Waals surface area contributed by atoms with Crippen molar-refractivity contribution in [2.45, 2.75) is 13.1 Å². The van der Waals surface area contributed by atoms with Crippen LogP contribution in [0, 0.1) is 0 Å². The van der Waals surface area contributed by atoms with Crippen molar-refractivity contribution in [1.29, 1.82) is 0 Å². The Balaban J connectivity index is 2.47. The van der Waals surface area contributed by atoms with Gasteiger partial charge < -0.3 is 10.1 Å². The molecule has 0 aliphatic carbocycles. The predicted octanol–water partition coefficient (Wildman–Crippen LogP) is 3.50. The van der Waals surface area contributed by atoms with Gasteiger partial charge in [-0.05, 0) is 18.2 Å². The minimum atomic E-state index is -4.49. The number of anilines is 1. The number of hydrogen-bond acceptors (Lipinski definition) is 2. The van der Waals surface area contributed by atoms with Gasteiger partial charge in [-0.25, -0.2) is 0 Å². The molecule has 0 unspecified atom stereocenters. The summed E-state index contributed by atoms with van der Waals surface area (Å²) >= 11 is 0. The lowest BCUT2D eigenvalue weighted by Crippen LogP contribution is -2.16. The van der Waals surface area contributed by atoms with Gasteiger partial charge in [0, 0.05) is 24.2 Å². The first-order chi connectivity index (χ1) is 8.77. The Hall–Kier alpha value is -2.24. The minimum Gasteiger partial charge on any atom is -0.457 e. The van der Waals surface area contributed by atoms with Gasteiger partial charge in [0.1, 0.15) is 11.5 Å². The van der Waals surface area contributed by atoms with E-state index in [9.17, 15) is 18.0 Å². The molecule has 1 aliphatic heterocycles. The van der Waals surface area contributed by atoms with E-state index in [-0.39, 0.29) is 23.0 Å². The molecular formula is C13H10F3NO2. The summed E-state index contributed by atoms with van der Waals surface area (Å²) in [7, 11) is 0. The summed E-state index contributed by atoms with van der Waals surface area (Å²) in [6, 6.07) is 3.98. The smallest absolute Gasteiger partial charge is 0.417 e. The molecule has 1 aromatic rings. The minimum absolute atomic E-state index is 0.0195. The molecule has 0 atom stereocenters. The van der Waals surface area contributed by atoms with Crippen molar-refractivity contribution in [3.05, 3.63) is 42.2 Å². The number of alkyl halides is 3. The van der Waals surface area contributed by atoms with Gasteiger partial charge >= 0.3 is 6.18 Å². The van der Waals surface area contributed by atoms with Gasteiger partial charge in [0.15, 0.2) is 0 Å². The number of carbonyl (C=O) groups excluding carboxylic acids is 1. The first-order valence-electron chi connectivity index (χ1n) is 5.35. The fourth-order valence-electron chi connectivity index (χ4n) is 1.75.